The summed E-state index contributed by atoms with van der Waals surface area (Å²) in [5.74, 6) is 2.09. The van der Waals surface area contributed by atoms with E-state index in [1.54, 1.807) is 6.92 Å². The summed E-state index contributed by atoms with van der Waals surface area (Å²) in [6, 6.07) is 1.85. The number of hydrogen-bond donors (Lipinski definition) is 0. The minimum Gasteiger partial charge on any atom is -0.492 e. The molecule has 0 aliphatic carbocycles. The highest BCUT2D eigenvalue weighted by molar-refractivity contribution is 7.12. The Labute approximate surface area is 143 Å². The summed E-state index contributed by atoms with van der Waals surface area (Å²) in [5.41, 5.74) is 0. The molecular weight excluding hydrogens is 330 g/mol. The molecule has 1 amide bonds. The maximum absolute atomic E-state index is 12.8. The number of fused-ring (bicyclic) bond motifs is 1. The van der Waals surface area contributed by atoms with Crippen LogP contribution >= 0.6 is 11.3 Å². The van der Waals surface area contributed by atoms with Crippen LogP contribution in [0.5, 0.6) is 5.75 Å². The Morgan fingerprint density at radius 3 is 3.08 bits per heavy atom. The third-order valence-corrected chi connectivity index (χ3v) is 5.47. The van der Waals surface area contributed by atoms with Crippen LogP contribution in [-0.2, 0) is 4.74 Å². The van der Waals surface area contributed by atoms with Crippen LogP contribution in [0.15, 0.2) is 15.9 Å². The van der Waals surface area contributed by atoms with Gasteiger partial charge in [-0.15, -0.1) is 21.5 Å². The highest BCUT2D eigenvalue weighted by atomic mass is 32.1. The smallest absolute Gasteiger partial charge is 0.267 e. The Hall–Kier alpha value is -1.93. The van der Waals surface area contributed by atoms with E-state index < -0.39 is 0 Å². The van der Waals surface area contributed by atoms with Crippen LogP contribution in [0.4, 0.5) is 0 Å². The van der Waals surface area contributed by atoms with Gasteiger partial charge in [0.25, 0.3) is 5.91 Å². The average Bonchev–Trinajstić information content (AvgIpc) is 3.29. The summed E-state index contributed by atoms with van der Waals surface area (Å²) in [4.78, 5) is 15.3. The maximum Gasteiger partial charge on any atom is 0.267 e. The molecule has 2 fully saturated rings. The fourth-order valence-electron chi connectivity index (χ4n) is 3.46. The molecule has 24 heavy (non-hydrogen) atoms. The number of likely N-dealkylation sites (tertiary alicyclic amines) is 1. The fourth-order valence-corrected chi connectivity index (χ4v) is 4.26. The molecule has 8 heteroatoms. The molecule has 0 spiro atoms. The summed E-state index contributed by atoms with van der Waals surface area (Å²) in [7, 11) is 0. The van der Waals surface area contributed by atoms with E-state index in [1.165, 1.54) is 11.3 Å². The molecule has 128 valence electrons. The topological polar surface area (TPSA) is 77.7 Å². The molecule has 4 rings (SSSR count). The van der Waals surface area contributed by atoms with Crippen LogP contribution in [0, 0.1) is 12.8 Å². The van der Waals surface area contributed by atoms with E-state index in [4.69, 9.17) is 13.9 Å². The Balaban J connectivity index is 1.50. The van der Waals surface area contributed by atoms with Crippen molar-refractivity contribution in [2.75, 3.05) is 26.3 Å². The van der Waals surface area contributed by atoms with Gasteiger partial charge in [-0.2, -0.15) is 0 Å². The SMILES string of the molecule is CCOc1ccsc1C(=O)N1C[C@@H]2[C@@H](c3nnc(C)o3)CO[C@@H]2C1. The number of carbonyl (C=O) groups excluding carboxylic acids is 1. The fraction of sp³-hybridized carbons (Fsp3) is 0.562. The van der Waals surface area contributed by atoms with Crippen LogP contribution in [0.1, 0.15) is 34.3 Å². The van der Waals surface area contributed by atoms with Crippen LogP contribution in [-0.4, -0.2) is 53.4 Å². The molecule has 2 aromatic heterocycles. The molecule has 4 heterocycles. The number of hydrogen-bond acceptors (Lipinski definition) is 7. The van der Waals surface area contributed by atoms with E-state index in [9.17, 15) is 4.79 Å². The van der Waals surface area contributed by atoms with E-state index in [-0.39, 0.29) is 23.8 Å². The lowest BCUT2D eigenvalue weighted by molar-refractivity contribution is 0.0687. The number of thiophene rings is 1. The van der Waals surface area contributed by atoms with Crippen molar-refractivity contribution < 1.29 is 18.7 Å². The van der Waals surface area contributed by atoms with Gasteiger partial charge in [0.15, 0.2) is 0 Å². The lowest BCUT2D eigenvalue weighted by Crippen LogP contribution is -2.30. The Morgan fingerprint density at radius 1 is 1.46 bits per heavy atom. The summed E-state index contributed by atoms with van der Waals surface area (Å²) >= 11 is 1.42. The van der Waals surface area contributed by atoms with Crippen molar-refractivity contribution in [2.24, 2.45) is 5.92 Å². The van der Waals surface area contributed by atoms with Crippen molar-refractivity contribution in [2.45, 2.75) is 25.9 Å². The number of rotatable bonds is 4. The van der Waals surface area contributed by atoms with Crippen LogP contribution < -0.4 is 4.74 Å². The first-order valence-corrected chi connectivity index (χ1v) is 8.96. The minimum atomic E-state index is 0.00640. The number of nitrogens with zero attached hydrogens (tertiary/aromatic N) is 3. The van der Waals surface area contributed by atoms with Gasteiger partial charge in [-0.05, 0) is 18.4 Å². The first-order chi connectivity index (χ1) is 11.7. The van der Waals surface area contributed by atoms with Crippen molar-refractivity contribution in [3.63, 3.8) is 0 Å². The van der Waals surface area contributed by atoms with Crippen LogP contribution in [0.3, 0.4) is 0 Å². The standard InChI is InChI=1S/C16H19N3O4S/c1-3-21-12-4-5-24-14(12)16(20)19-6-10-11(8-22-13(10)7-19)15-18-17-9(2)23-15/h4-5,10-11,13H,3,6-8H2,1-2H3/t10-,11+,13-/m1/s1. The molecule has 2 saturated heterocycles. The van der Waals surface area contributed by atoms with E-state index in [0.717, 1.165) is 0 Å². The van der Waals surface area contributed by atoms with Gasteiger partial charge < -0.3 is 18.8 Å². The zero-order valence-electron chi connectivity index (χ0n) is 13.6. The van der Waals surface area contributed by atoms with Gasteiger partial charge in [0.1, 0.15) is 10.6 Å². The molecule has 2 aliphatic rings. The minimum absolute atomic E-state index is 0.00640. The summed E-state index contributed by atoms with van der Waals surface area (Å²) in [6.45, 7) is 6.04. The summed E-state index contributed by atoms with van der Waals surface area (Å²) in [6.07, 6.45) is 0.0293. The van der Waals surface area contributed by atoms with Crippen molar-refractivity contribution in [1.29, 1.82) is 0 Å². The van der Waals surface area contributed by atoms with Gasteiger partial charge in [0, 0.05) is 25.9 Å². The molecule has 0 aromatic carbocycles. The molecule has 0 N–H and O–H groups in total. The second-order valence-electron chi connectivity index (χ2n) is 6.06. The second-order valence-corrected chi connectivity index (χ2v) is 6.97. The van der Waals surface area contributed by atoms with Gasteiger partial charge in [0.05, 0.1) is 25.2 Å². The molecule has 0 radical (unpaired) electrons. The normalized spacial score (nSPS) is 25.9. The molecule has 0 unspecified atom stereocenters. The van der Waals surface area contributed by atoms with E-state index >= 15 is 0 Å². The van der Waals surface area contributed by atoms with Gasteiger partial charge in [-0.3, -0.25) is 4.79 Å². The third-order valence-electron chi connectivity index (χ3n) is 4.59. The molecule has 7 nitrogen and oxygen atoms in total. The largest absolute Gasteiger partial charge is 0.492 e. The molecule has 3 atom stereocenters. The second kappa shape index (κ2) is 6.18. The van der Waals surface area contributed by atoms with E-state index in [0.29, 0.717) is 48.7 Å². The summed E-state index contributed by atoms with van der Waals surface area (Å²) < 4.78 is 17.0. The van der Waals surface area contributed by atoms with Crippen molar-refractivity contribution in [3.8, 4) is 5.75 Å². The molecule has 2 aliphatic heterocycles. The molecular formula is C16H19N3O4S. The predicted molar refractivity (Wildman–Crippen MR) is 86.4 cm³/mol. The Morgan fingerprint density at radius 2 is 2.33 bits per heavy atom. The zero-order chi connectivity index (χ0) is 16.7. The lowest BCUT2D eigenvalue weighted by Gasteiger charge is -2.18. The van der Waals surface area contributed by atoms with Crippen molar-refractivity contribution >= 4 is 17.2 Å². The number of aromatic nitrogens is 2. The Bertz CT molecular complexity index is 743. The Kier molecular flexibility index (Phi) is 4.01. The van der Waals surface area contributed by atoms with Crippen molar-refractivity contribution in [1.82, 2.24) is 15.1 Å². The average molecular weight is 349 g/mol. The van der Waals surface area contributed by atoms with Crippen LogP contribution in [0.2, 0.25) is 0 Å². The first-order valence-electron chi connectivity index (χ1n) is 8.08. The molecule has 0 bridgehead atoms. The van der Waals surface area contributed by atoms with Crippen molar-refractivity contribution in [3.05, 3.63) is 28.1 Å². The van der Waals surface area contributed by atoms with E-state index in [1.807, 2.05) is 23.3 Å². The summed E-state index contributed by atoms with van der Waals surface area (Å²) in [5, 5.41) is 9.92. The van der Waals surface area contributed by atoms with Gasteiger partial charge in [0.2, 0.25) is 11.8 Å². The highest BCUT2D eigenvalue weighted by Crippen LogP contribution is 2.40. The monoisotopic (exact) mass is 349 g/mol. The quantitative estimate of drug-likeness (QED) is 0.841. The van der Waals surface area contributed by atoms with Gasteiger partial charge in [-0.1, -0.05) is 0 Å². The zero-order valence-corrected chi connectivity index (χ0v) is 14.4. The maximum atomic E-state index is 12.8. The third kappa shape index (κ3) is 2.59. The number of carbonyl (C=O) groups is 1. The number of ether oxygens (including phenoxy) is 2. The highest BCUT2D eigenvalue weighted by Gasteiger charge is 2.48. The van der Waals surface area contributed by atoms with Gasteiger partial charge in [-0.25, -0.2) is 0 Å². The van der Waals surface area contributed by atoms with Gasteiger partial charge >= 0.3 is 0 Å². The predicted octanol–water partition coefficient (Wildman–Crippen LogP) is 2.09. The van der Waals surface area contributed by atoms with Crippen LogP contribution in [0.25, 0.3) is 0 Å². The first kappa shape index (κ1) is 15.6. The number of aryl methyl sites for hydroxylation is 1. The molecule has 2 aromatic rings. The lowest BCUT2D eigenvalue weighted by atomic mass is 9.93. The number of amides is 1. The molecule has 0 saturated carbocycles. The van der Waals surface area contributed by atoms with E-state index in [2.05, 4.69) is 10.2 Å².